The Bertz CT molecular complexity index is 1420. The third-order valence-corrected chi connectivity index (χ3v) is 7.30. The van der Waals surface area contributed by atoms with E-state index in [1.807, 2.05) is 36.0 Å². The molecule has 0 atom stereocenters. The third-order valence-electron chi connectivity index (χ3n) is 6.19. The summed E-state index contributed by atoms with van der Waals surface area (Å²) in [6, 6.07) is 14.3. The summed E-state index contributed by atoms with van der Waals surface area (Å²) in [7, 11) is 0. The second-order valence-corrected chi connectivity index (χ2v) is 9.42. The van der Waals surface area contributed by atoms with Crippen molar-refractivity contribution in [3.63, 3.8) is 0 Å². The predicted octanol–water partition coefficient (Wildman–Crippen LogP) is 4.88. The molecule has 0 amide bonds. The number of hydrogen-bond donors (Lipinski definition) is 1. The minimum atomic E-state index is -0.204. The van der Waals surface area contributed by atoms with Crippen LogP contribution in [0.25, 0.3) is 16.6 Å². The molecule has 1 N–H and O–H groups in total. The molecule has 1 fully saturated rings. The molecule has 0 spiro atoms. The second-order valence-electron chi connectivity index (χ2n) is 8.34. The van der Waals surface area contributed by atoms with E-state index in [4.69, 9.17) is 5.10 Å². The largest absolute Gasteiger partial charge is 0.393 e. The molecule has 0 saturated heterocycles. The molecule has 7 nitrogen and oxygen atoms in total. The Morgan fingerprint density at radius 3 is 2.55 bits per heavy atom. The van der Waals surface area contributed by atoms with E-state index in [-0.39, 0.29) is 12.1 Å². The summed E-state index contributed by atoms with van der Waals surface area (Å²) in [5.41, 5.74) is 4.69. The summed E-state index contributed by atoms with van der Waals surface area (Å²) in [5, 5.41) is 38.2. The van der Waals surface area contributed by atoms with Crippen molar-refractivity contribution in [2.75, 3.05) is 0 Å². The second kappa shape index (κ2) is 8.74. The Morgan fingerprint density at radius 1 is 1.03 bits per heavy atom. The zero-order chi connectivity index (χ0) is 22.9. The zero-order valence-electron chi connectivity index (χ0n) is 18.1. The van der Waals surface area contributed by atoms with Crippen molar-refractivity contribution in [1.29, 1.82) is 10.5 Å². The van der Waals surface area contributed by atoms with Gasteiger partial charge in [0.05, 0.1) is 40.7 Å². The van der Waals surface area contributed by atoms with Crippen molar-refractivity contribution in [3.8, 4) is 23.3 Å². The molecular formula is C25H22N6OS. The fourth-order valence-corrected chi connectivity index (χ4v) is 5.53. The van der Waals surface area contributed by atoms with Crippen molar-refractivity contribution in [2.45, 2.75) is 54.5 Å². The number of fused-ring (bicyclic) bond motifs is 1. The Balaban J connectivity index is 1.59. The van der Waals surface area contributed by atoms with Crippen LogP contribution >= 0.6 is 11.8 Å². The highest BCUT2D eigenvalue weighted by Gasteiger charge is 2.23. The van der Waals surface area contributed by atoms with E-state index < -0.39 is 0 Å². The van der Waals surface area contributed by atoms with Crippen LogP contribution in [0.5, 0.6) is 0 Å². The van der Waals surface area contributed by atoms with E-state index in [0.29, 0.717) is 11.1 Å². The highest BCUT2D eigenvalue weighted by atomic mass is 32.2. The first kappa shape index (κ1) is 21.3. The number of aromatic nitrogens is 4. The van der Waals surface area contributed by atoms with Gasteiger partial charge in [-0.25, -0.2) is 4.52 Å². The Kier molecular flexibility index (Phi) is 5.63. The lowest BCUT2D eigenvalue weighted by Gasteiger charge is -2.25. The highest BCUT2D eigenvalue weighted by molar-refractivity contribution is 7.99. The van der Waals surface area contributed by atoms with Crippen molar-refractivity contribution in [3.05, 3.63) is 65.7 Å². The van der Waals surface area contributed by atoms with Crippen molar-refractivity contribution in [1.82, 2.24) is 19.4 Å². The third kappa shape index (κ3) is 4.00. The van der Waals surface area contributed by atoms with Gasteiger partial charge in [-0.1, -0.05) is 23.9 Å². The number of rotatable bonds is 4. The van der Waals surface area contributed by atoms with E-state index >= 15 is 0 Å². The topological polar surface area (TPSA) is 103 Å². The molecule has 4 aromatic rings. The van der Waals surface area contributed by atoms with Crippen LogP contribution in [-0.2, 0) is 0 Å². The van der Waals surface area contributed by atoms with Gasteiger partial charge in [-0.2, -0.15) is 20.7 Å². The van der Waals surface area contributed by atoms with E-state index in [9.17, 15) is 15.6 Å². The van der Waals surface area contributed by atoms with Gasteiger partial charge in [0.15, 0.2) is 0 Å². The minimum Gasteiger partial charge on any atom is -0.393 e. The van der Waals surface area contributed by atoms with Crippen LogP contribution in [0.15, 0.2) is 58.7 Å². The number of benzene rings is 1. The molecule has 1 aliphatic carbocycles. The van der Waals surface area contributed by atoms with Crippen LogP contribution in [-0.4, -0.2) is 30.6 Å². The van der Waals surface area contributed by atoms with Gasteiger partial charge in [-0.05, 0) is 50.8 Å². The predicted molar refractivity (Wildman–Crippen MR) is 125 cm³/mol. The molecule has 1 aliphatic rings. The fraction of sp³-hybridized carbons (Fsp3) is 0.280. The molecule has 8 heteroatoms. The SMILES string of the molecule is Cc1nn([C@H]2CC[C@@H](O)CC2)cc1-c1cc(Sc2ccccc2C#N)c2c(C#N)cnn2c1. The average molecular weight is 455 g/mol. The van der Waals surface area contributed by atoms with Gasteiger partial charge in [0.2, 0.25) is 0 Å². The molecule has 0 radical (unpaired) electrons. The van der Waals surface area contributed by atoms with Crippen LogP contribution in [0.3, 0.4) is 0 Å². The molecule has 33 heavy (non-hydrogen) atoms. The van der Waals surface area contributed by atoms with E-state index in [1.165, 1.54) is 11.8 Å². The number of pyridine rings is 1. The molecule has 1 saturated carbocycles. The first-order valence-electron chi connectivity index (χ1n) is 10.9. The first-order chi connectivity index (χ1) is 16.1. The maximum absolute atomic E-state index is 9.84. The smallest absolute Gasteiger partial charge is 0.103 e. The van der Waals surface area contributed by atoms with E-state index in [0.717, 1.165) is 57.8 Å². The first-order valence-corrected chi connectivity index (χ1v) is 11.7. The summed E-state index contributed by atoms with van der Waals surface area (Å²) >= 11 is 1.46. The Morgan fingerprint density at radius 2 is 1.79 bits per heavy atom. The number of aliphatic hydroxyl groups excluding tert-OH is 1. The summed E-state index contributed by atoms with van der Waals surface area (Å²) < 4.78 is 3.77. The van der Waals surface area contributed by atoms with Crippen LogP contribution in [0.4, 0.5) is 0 Å². The molecule has 0 aliphatic heterocycles. The van der Waals surface area contributed by atoms with Crippen LogP contribution in [0, 0.1) is 29.6 Å². The van der Waals surface area contributed by atoms with Gasteiger partial charge in [0.25, 0.3) is 0 Å². The number of nitrogens with zero attached hydrogens (tertiary/aromatic N) is 6. The van der Waals surface area contributed by atoms with Crippen LogP contribution in [0.1, 0.15) is 48.5 Å². The number of nitriles is 2. The molecule has 3 heterocycles. The van der Waals surface area contributed by atoms with Crippen molar-refractivity contribution < 1.29 is 5.11 Å². The maximum Gasteiger partial charge on any atom is 0.103 e. The van der Waals surface area contributed by atoms with Gasteiger partial charge in [0, 0.05) is 33.3 Å². The van der Waals surface area contributed by atoms with Crippen molar-refractivity contribution in [2.24, 2.45) is 0 Å². The van der Waals surface area contributed by atoms with Gasteiger partial charge in [-0.15, -0.1) is 0 Å². The van der Waals surface area contributed by atoms with Crippen LogP contribution in [0.2, 0.25) is 0 Å². The van der Waals surface area contributed by atoms with E-state index in [1.54, 1.807) is 16.8 Å². The fourth-order valence-electron chi connectivity index (χ4n) is 4.43. The van der Waals surface area contributed by atoms with Gasteiger partial charge in [0.1, 0.15) is 12.1 Å². The van der Waals surface area contributed by atoms with Gasteiger partial charge in [-0.3, -0.25) is 4.68 Å². The standard InChI is InChI=1S/C25H22N6OS/c1-16-22(15-30(29-16)20-6-8-21(32)9-7-20)18-10-24(25-19(12-27)13-28-31(25)14-18)33-23-5-3-2-4-17(23)11-26/h2-5,10,13-15,20-21,32H,6-9H2,1H3/t20-,21+. The van der Waals surface area contributed by atoms with Gasteiger partial charge < -0.3 is 5.11 Å². The van der Waals surface area contributed by atoms with Gasteiger partial charge >= 0.3 is 0 Å². The highest BCUT2D eigenvalue weighted by Crippen LogP contribution is 2.38. The molecule has 5 rings (SSSR count). The summed E-state index contributed by atoms with van der Waals surface area (Å²) in [6.45, 7) is 2.00. The lowest BCUT2D eigenvalue weighted by Crippen LogP contribution is -2.21. The molecule has 3 aromatic heterocycles. The summed E-state index contributed by atoms with van der Waals surface area (Å²) in [6.07, 6.45) is 8.80. The minimum absolute atomic E-state index is 0.204. The van der Waals surface area contributed by atoms with Crippen LogP contribution < -0.4 is 0 Å². The monoisotopic (exact) mass is 454 g/mol. The molecule has 0 bridgehead atoms. The normalized spacial score (nSPS) is 18.2. The summed E-state index contributed by atoms with van der Waals surface area (Å²) in [5.74, 6) is 0. The molecular weight excluding hydrogens is 432 g/mol. The molecule has 1 aromatic carbocycles. The average Bonchev–Trinajstić information content (AvgIpc) is 3.43. The Labute approximate surface area is 195 Å². The van der Waals surface area contributed by atoms with E-state index in [2.05, 4.69) is 29.5 Å². The summed E-state index contributed by atoms with van der Waals surface area (Å²) in [4.78, 5) is 1.69. The maximum atomic E-state index is 9.84. The molecule has 164 valence electrons. The lowest BCUT2D eigenvalue weighted by molar-refractivity contribution is 0.108. The quantitative estimate of drug-likeness (QED) is 0.472. The number of aryl methyl sites for hydroxylation is 1. The number of hydrogen-bond acceptors (Lipinski definition) is 6. The number of aliphatic hydroxyl groups is 1. The lowest BCUT2D eigenvalue weighted by atomic mass is 9.93. The van der Waals surface area contributed by atoms with Crippen molar-refractivity contribution >= 4 is 17.3 Å². The zero-order valence-corrected chi connectivity index (χ0v) is 19.0. The Hall–Kier alpha value is -3.59. The molecule has 0 unspecified atom stereocenters.